The van der Waals surface area contributed by atoms with Gasteiger partial charge in [0.1, 0.15) is 5.82 Å². The van der Waals surface area contributed by atoms with Crippen LogP contribution in [-0.4, -0.2) is 11.1 Å². The highest BCUT2D eigenvalue weighted by Gasteiger charge is 2.22. The minimum Gasteiger partial charge on any atom is -0.385 e. The highest BCUT2D eigenvalue weighted by molar-refractivity contribution is 5.47. The summed E-state index contributed by atoms with van der Waals surface area (Å²) >= 11 is 0. The largest absolute Gasteiger partial charge is 0.385 e. The van der Waals surface area contributed by atoms with E-state index in [1.807, 2.05) is 0 Å². The molecule has 1 aromatic rings. The summed E-state index contributed by atoms with van der Waals surface area (Å²) in [5.41, 5.74) is 9.09. The quantitative estimate of drug-likeness (QED) is 0.760. The van der Waals surface area contributed by atoms with Crippen molar-refractivity contribution in [3.05, 3.63) is 17.3 Å². The lowest BCUT2D eigenvalue weighted by Gasteiger charge is -2.23. The molecule has 3 nitrogen and oxygen atoms in total. The molecule has 1 aromatic heterocycles. The van der Waals surface area contributed by atoms with Crippen LogP contribution < -0.4 is 11.1 Å². The number of nitrogens with zero attached hydrogens (tertiary/aromatic N) is 1. The number of hydrogen-bond donors (Lipinski definition) is 2. The third-order valence-corrected chi connectivity index (χ3v) is 4.01. The Hall–Kier alpha value is -0.960. The zero-order valence-corrected chi connectivity index (χ0v) is 9.84. The van der Waals surface area contributed by atoms with Gasteiger partial charge in [0, 0.05) is 23.8 Å². The molecule has 0 radical (unpaired) electrons. The van der Waals surface area contributed by atoms with Crippen molar-refractivity contribution in [3.63, 3.8) is 0 Å². The lowest BCUT2D eigenvalue weighted by Crippen LogP contribution is -2.27. The lowest BCUT2D eigenvalue weighted by atomic mass is 9.99. The fraction of sp³-hybridized carbons (Fsp3) is 0.692. The Morgan fingerprint density at radius 1 is 1.25 bits per heavy atom. The molecule has 0 amide bonds. The predicted octanol–water partition coefficient (Wildman–Crippen LogP) is 2.22. The fourth-order valence-electron chi connectivity index (χ4n) is 3.09. The second kappa shape index (κ2) is 4.13. The lowest BCUT2D eigenvalue weighted by molar-refractivity contribution is 0.413. The molecular formula is C13H21N3. The second-order valence-electron chi connectivity index (χ2n) is 5.09. The SMILES string of the molecule is Nc1c([C@@H]2CCCCN2)cc2n1CCCC2. The summed E-state index contributed by atoms with van der Waals surface area (Å²) in [6, 6.07) is 2.85. The number of nitrogens with one attached hydrogen (secondary N) is 1. The molecule has 2 aliphatic rings. The van der Waals surface area contributed by atoms with Gasteiger partial charge >= 0.3 is 0 Å². The van der Waals surface area contributed by atoms with E-state index in [1.54, 1.807) is 0 Å². The van der Waals surface area contributed by atoms with Crippen LogP contribution in [0.5, 0.6) is 0 Å². The van der Waals surface area contributed by atoms with E-state index in [2.05, 4.69) is 16.0 Å². The zero-order valence-electron chi connectivity index (χ0n) is 9.84. The van der Waals surface area contributed by atoms with Crippen molar-refractivity contribution < 1.29 is 0 Å². The number of hydrogen-bond acceptors (Lipinski definition) is 2. The summed E-state index contributed by atoms with van der Waals surface area (Å²) in [4.78, 5) is 0. The number of fused-ring (bicyclic) bond motifs is 1. The molecular weight excluding hydrogens is 198 g/mol. The first kappa shape index (κ1) is 10.2. The Morgan fingerprint density at radius 2 is 2.19 bits per heavy atom. The van der Waals surface area contributed by atoms with Gasteiger partial charge in [-0.15, -0.1) is 0 Å². The summed E-state index contributed by atoms with van der Waals surface area (Å²) in [7, 11) is 0. The van der Waals surface area contributed by atoms with Crippen LogP contribution in [0, 0.1) is 0 Å². The first-order chi connectivity index (χ1) is 7.86. The van der Waals surface area contributed by atoms with Crippen LogP contribution in [0.25, 0.3) is 0 Å². The minimum atomic E-state index is 0.506. The molecule has 3 heterocycles. The van der Waals surface area contributed by atoms with Crippen molar-refractivity contribution in [2.45, 2.75) is 51.1 Å². The van der Waals surface area contributed by atoms with Gasteiger partial charge in [-0.1, -0.05) is 6.42 Å². The van der Waals surface area contributed by atoms with Gasteiger partial charge in [-0.25, -0.2) is 0 Å². The van der Waals surface area contributed by atoms with Crippen LogP contribution in [0.4, 0.5) is 5.82 Å². The van der Waals surface area contributed by atoms with E-state index in [0.717, 1.165) is 18.9 Å². The number of nitrogens with two attached hydrogens (primary N) is 1. The number of aromatic nitrogens is 1. The molecule has 0 aliphatic carbocycles. The van der Waals surface area contributed by atoms with E-state index in [4.69, 9.17) is 5.73 Å². The summed E-state index contributed by atoms with van der Waals surface area (Å²) < 4.78 is 2.33. The van der Waals surface area contributed by atoms with Crippen LogP contribution in [0.2, 0.25) is 0 Å². The molecule has 1 atom stereocenters. The van der Waals surface area contributed by atoms with Gasteiger partial charge in [-0.05, 0) is 44.7 Å². The monoisotopic (exact) mass is 219 g/mol. The smallest absolute Gasteiger partial charge is 0.108 e. The van der Waals surface area contributed by atoms with Crippen LogP contribution >= 0.6 is 0 Å². The van der Waals surface area contributed by atoms with Gasteiger partial charge in [0.25, 0.3) is 0 Å². The molecule has 0 bridgehead atoms. The maximum Gasteiger partial charge on any atom is 0.108 e. The maximum absolute atomic E-state index is 6.28. The Bertz CT molecular complexity index is 375. The fourth-order valence-corrected chi connectivity index (χ4v) is 3.09. The standard InChI is InChI=1S/C13H21N3/c14-13-11(12-6-1-3-7-15-12)9-10-5-2-4-8-16(10)13/h9,12,15H,1-8,14H2/t12-/m0/s1. The highest BCUT2D eigenvalue weighted by Crippen LogP contribution is 2.32. The molecule has 3 rings (SSSR count). The number of piperidine rings is 1. The molecule has 2 aliphatic heterocycles. The van der Waals surface area contributed by atoms with Crippen molar-refractivity contribution >= 4 is 5.82 Å². The van der Waals surface area contributed by atoms with Crippen molar-refractivity contribution in [2.24, 2.45) is 0 Å². The third kappa shape index (κ3) is 1.63. The molecule has 1 saturated heterocycles. The van der Waals surface area contributed by atoms with E-state index < -0.39 is 0 Å². The number of aryl methyl sites for hydroxylation is 1. The van der Waals surface area contributed by atoms with E-state index >= 15 is 0 Å². The Labute approximate surface area is 97.0 Å². The Kier molecular flexibility index (Phi) is 2.64. The summed E-state index contributed by atoms with van der Waals surface area (Å²) in [6.07, 6.45) is 7.69. The first-order valence-corrected chi connectivity index (χ1v) is 6.57. The number of rotatable bonds is 1. The third-order valence-electron chi connectivity index (χ3n) is 4.01. The molecule has 0 unspecified atom stereocenters. The van der Waals surface area contributed by atoms with Crippen LogP contribution in [0.3, 0.4) is 0 Å². The Balaban J connectivity index is 1.91. The molecule has 3 N–H and O–H groups in total. The van der Waals surface area contributed by atoms with Gasteiger partial charge < -0.3 is 15.6 Å². The minimum absolute atomic E-state index is 0.506. The molecule has 88 valence electrons. The van der Waals surface area contributed by atoms with Crippen molar-refractivity contribution in [2.75, 3.05) is 12.3 Å². The van der Waals surface area contributed by atoms with Crippen LogP contribution in [0.15, 0.2) is 6.07 Å². The summed E-state index contributed by atoms with van der Waals surface area (Å²) in [6.45, 7) is 2.26. The van der Waals surface area contributed by atoms with Gasteiger partial charge in [0.2, 0.25) is 0 Å². The second-order valence-corrected chi connectivity index (χ2v) is 5.09. The molecule has 16 heavy (non-hydrogen) atoms. The van der Waals surface area contributed by atoms with E-state index in [9.17, 15) is 0 Å². The molecule has 3 heteroatoms. The topological polar surface area (TPSA) is 43.0 Å². The van der Waals surface area contributed by atoms with E-state index in [-0.39, 0.29) is 0 Å². The summed E-state index contributed by atoms with van der Waals surface area (Å²) in [5.74, 6) is 1.02. The zero-order chi connectivity index (χ0) is 11.0. The van der Waals surface area contributed by atoms with Crippen molar-refractivity contribution in [3.8, 4) is 0 Å². The van der Waals surface area contributed by atoms with Crippen LogP contribution in [-0.2, 0) is 13.0 Å². The van der Waals surface area contributed by atoms with Crippen LogP contribution in [0.1, 0.15) is 49.4 Å². The average Bonchev–Trinajstić information content (AvgIpc) is 2.69. The van der Waals surface area contributed by atoms with E-state index in [0.29, 0.717) is 6.04 Å². The molecule has 0 saturated carbocycles. The van der Waals surface area contributed by atoms with Crippen molar-refractivity contribution in [1.82, 2.24) is 9.88 Å². The molecule has 0 spiro atoms. The first-order valence-electron chi connectivity index (χ1n) is 6.57. The molecule has 1 fully saturated rings. The molecule has 0 aromatic carbocycles. The van der Waals surface area contributed by atoms with Gasteiger partial charge in [-0.2, -0.15) is 0 Å². The van der Waals surface area contributed by atoms with Gasteiger partial charge in [-0.3, -0.25) is 0 Å². The predicted molar refractivity (Wildman–Crippen MR) is 66.4 cm³/mol. The summed E-state index contributed by atoms with van der Waals surface area (Å²) in [5, 5.41) is 3.59. The normalized spacial score (nSPS) is 25.4. The number of anilines is 1. The maximum atomic E-state index is 6.28. The van der Waals surface area contributed by atoms with Gasteiger partial charge in [0.05, 0.1) is 0 Å². The van der Waals surface area contributed by atoms with E-state index in [1.165, 1.54) is 49.8 Å². The number of nitrogen functional groups attached to an aromatic ring is 1. The van der Waals surface area contributed by atoms with Gasteiger partial charge in [0.15, 0.2) is 0 Å². The average molecular weight is 219 g/mol. The highest BCUT2D eigenvalue weighted by atomic mass is 15.1. The Morgan fingerprint density at radius 3 is 2.94 bits per heavy atom. The van der Waals surface area contributed by atoms with Crippen molar-refractivity contribution in [1.29, 1.82) is 0 Å².